The number of benzene rings is 11. The lowest BCUT2D eigenvalue weighted by atomic mass is 9.85. The molecule has 0 bridgehead atoms. The first-order chi connectivity index (χ1) is 30.2. The highest BCUT2D eigenvalue weighted by atomic mass is 16.5. The molecule has 0 fully saturated rings. The minimum absolute atomic E-state index is 0.0486. The van der Waals surface area contributed by atoms with E-state index in [0.29, 0.717) is 0 Å². The first kappa shape index (κ1) is 34.2. The number of fused-ring (bicyclic) bond motifs is 9. The van der Waals surface area contributed by atoms with Crippen LogP contribution in [0.1, 0.15) is 11.5 Å². The van der Waals surface area contributed by atoms with E-state index in [9.17, 15) is 0 Å². The van der Waals surface area contributed by atoms with E-state index in [1.165, 1.54) is 114 Å². The largest absolute Gasteiger partial charge is 0.485 e. The molecule has 2 unspecified atom stereocenters. The summed E-state index contributed by atoms with van der Waals surface area (Å²) < 4.78 is 6.41. The van der Waals surface area contributed by atoms with Crippen LogP contribution in [-0.2, 0) is 0 Å². The predicted molar refractivity (Wildman–Crippen MR) is 257 cm³/mol. The molecule has 1 aliphatic carbocycles. The van der Waals surface area contributed by atoms with Crippen molar-refractivity contribution in [1.82, 2.24) is 0 Å². The molecule has 0 N–H and O–H groups in total. The van der Waals surface area contributed by atoms with Crippen LogP contribution in [0.2, 0.25) is 0 Å². The predicted octanol–water partition coefficient (Wildman–Crippen LogP) is 14.2. The third-order valence-corrected chi connectivity index (χ3v) is 13.3. The lowest BCUT2D eigenvalue weighted by Gasteiger charge is -2.18. The van der Waals surface area contributed by atoms with Crippen molar-refractivity contribution in [2.75, 3.05) is 0 Å². The molecule has 2 aliphatic rings. The summed E-state index contributed by atoms with van der Waals surface area (Å²) in [6, 6.07) is 76.2. The average molecular weight is 775 g/mol. The Kier molecular flexibility index (Phi) is 7.50. The normalized spacial score (nSPS) is 15.3. The molecule has 1 heterocycles. The first-order valence-corrected chi connectivity index (χ1v) is 21.3. The van der Waals surface area contributed by atoms with E-state index in [0.717, 1.165) is 5.75 Å². The molecule has 0 saturated carbocycles. The molecule has 284 valence electrons. The van der Waals surface area contributed by atoms with Crippen molar-refractivity contribution >= 4 is 66.0 Å². The molecule has 0 saturated heterocycles. The Morgan fingerprint density at radius 2 is 0.672 bits per heavy atom. The molecule has 0 radical (unpaired) electrons. The highest BCUT2D eigenvalue weighted by Gasteiger charge is 2.33. The third kappa shape index (κ3) is 5.55. The maximum absolute atomic E-state index is 6.41. The van der Waals surface area contributed by atoms with Gasteiger partial charge in [0.25, 0.3) is 0 Å². The minimum Gasteiger partial charge on any atom is -0.485 e. The highest BCUT2D eigenvalue weighted by Crippen LogP contribution is 2.46. The van der Waals surface area contributed by atoms with Crippen molar-refractivity contribution in [3.8, 4) is 50.3 Å². The molecule has 0 spiro atoms. The maximum Gasteiger partial charge on any atom is 0.128 e. The van der Waals surface area contributed by atoms with E-state index in [1.54, 1.807) is 0 Å². The van der Waals surface area contributed by atoms with Crippen molar-refractivity contribution in [2.45, 2.75) is 12.0 Å². The summed E-state index contributed by atoms with van der Waals surface area (Å²) in [5.41, 5.74) is 11.2. The van der Waals surface area contributed by atoms with Crippen LogP contribution in [0.15, 0.2) is 206 Å². The Morgan fingerprint density at radius 1 is 0.295 bits per heavy atom. The molecule has 0 aromatic heterocycles. The van der Waals surface area contributed by atoms with Crippen molar-refractivity contribution in [2.24, 2.45) is 0 Å². The Morgan fingerprint density at radius 3 is 1.21 bits per heavy atom. The first-order valence-electron chi connectivity index (χ1n) is 21.3. The molecule has 61 heavy (non-hydrogen) atoms. The van der Waals surface area contributed by atoms with Crippen molar-refractivity contribution in [3.05, 3.63) is 222 Å². The number of hydrogen-bond acceptors (Lipinski definition) is 1. The SMILES string of the molecule is C1=c2ccccc2=CC2c3cc(-c4ccc5cc(-c6ccc7cc(-c8c9ccccc9c(-c9ccc%10ccccc%10c9)c9ccccc89)ccc7c6)ccc5c4)ccc3OC12. The van der Waals surface area contributed by atoms with Gasteiger partial charge in [-0.25, -0.2) is 0 Å². The second kappa shape index (κ2) is 13.4. The van der Waals surface area contributed by atoms with Crippen LogP contribution in [0.25, 0.3) is 111 Å². The Hall–Kier alpha value is -7.74. The topological polar surface area (TPSA) is 9.23 Å². The monoisotopic (exact) mass is 774 g/mol. The maximum atomic E-state index is 6.41. The average Bonchev–Trinajstić information content (AvgIpc) is 3.68. The quantitative estimate of drug-likeness (QED) is 0.162. The zero-order valence-corrected chi connectivity index (χ0v) is 33.3. The summed E-state index contributed by atoms with van der Waals surface area (Å²) in [6.45, 7) is 0. The van der Waals surface area contributed by atoms with Crippen LogP contribution in [0, 0.1) is 0 Å². The van der Waals surface area contributed by atoms with Crippen LogP contribution in [0.3, 0.4) is 0 Å². The van der Waals surface area contributed by atoms with E-state index in [4.69, 9.17) is 4.74 Å². The van der Waals surface area contributed by atoms with E-state index in [2.05, 4.69) is 218 Å². The lowest BCUT2D eigenvalue weighted by Crippen LogP contribution is -2.34. The lowest BCUT2D eigenvalue weighted by molar-refractivity contribution is 0.288. The fourth-order valence-corrected chi connectivity index (χ4v) is 10.3. The van der Waals surface area contributed by atoms with Crippen LogP contribution in [0.5, 0.6) is 5.75 Å². The van der Waals surface area contributed by atoms with Gasteiger partial charge in [0, 0.05) is 11.5 Å². The fraction of sp³-hybridized carbons (Fsp3) is 0.0333. The van der Waals surface area contributed by atoms with Crippen LogP contribution >= 0.6 is 0 Å². The number of rotatable bonds is 4. The third-order valence-electron chi connectivity index (χ3n) is 13.3. The van der Waals surface area contributed by atoms with E-state index < -0.39 is 0 Å². The molecular formula is C60H38O. The van der Waals surface area contributed by atoms with Gasteiger partial charge in [-0.05, 0) is 157 Å². The summed E-state index contributed by atoms with van der Waals surface area (Å²) in [7, 11) is 0. The molecule has 0 amide bonds. The summed E-state index contributed by atoms with van der Waals surface area (Å²) in [6.07, 6.45) is 4.70. The molecular weight excluding hydrogens is 737 g/mol. The minimum atomic E-state index is 0.0486. The van der Waals surface area contributed by atoms with Crippen molar-refractivity contribution in [1.29, 1.82) is 0 Å². The Labute approximate surface area is 353 Å². The van der Waals surface area contributed by atoms with Gasteiger partial charge in [-0.3, -0.25) is 0 Å². The van der Waals surface area contributed by atoms with Gasteiger partial charge in [-0.1, -0.05) is 170 Å². The van der Waals surface area contributed by atoms with Gasteiger partial charge >= 0.3 is 0 Å². The molecule has 13 rings (SSSR count). The van der Waals surface area contributed by atoms with Crippen LogP contribution in [0.4, 0.5) is 0 Å². The second-order valence-corrected chi connectivity index (χ2v) is 16.8. The van der Waals surface area contributed by atoms with Crippen LogP contribution in [-0.4, -0.2) is 6.10 Å². The van der Waals surface area contributed by atoms with Gasteiger partial charge in [-0.2, -0.15) is 0 Å². The van der Waals surface area contributed by atoms with E-state index >= 15 is 0 Å². The summed E-state index contributed by atoms with van der Waals surface area (Å²) >= 11 is 0. The Balaban J connectivity index is 0.839. The van der Waals surface area contributed by atoms with Crippen LogP contribution < -0.4 is 15.2 Å². The number of ether oxygens (including phenoxy) is 1. The van der Waals surface area contributed by atoms with Gasteiger partial charge in [0.15, 0.2) is 0 Å². The zero-order chi connectivity index (χ0) is 40.0. The smallest absolute Gasteiger partial charge is 0.128 e. The van der Waals surface area contributed by atoms with Gasteiger partial charge in [0.05, 0.1) is 0 Å². The summed E-state index contributed by atoms with van der Waals surface area (Å²) in [5, 5.41) is 15.1. The van der Waals surface area contributed by atoms with Gasteiger partial charge < -0.3 is 4.74 Å². The molecule has 2 atom stereocenters. The standard InChI is InChI=1S/C60H38O/c1-2-10-38-32-49(25-17-37(38)9-1)59-51-13-5-7-15-53(51)60(54-16-8-6-14-52(54)59)50-26-24-45-30-43(21-23-47(45)33-50)41-18-19-44-31-46(22-20-42(44)29-41)48-27-28-57-55(35-48)56-34-39-11-3-4-12-40(39)36-58(56)61-57/h1-36,56,58H. The van der Waals surface area contributed by atoms with E-state index in [-0.39, 0.29) is 12.0 Å². The van der Waals surface area contributed by atoms with Gasteiger partial charge in [0.2, 0.25) is 0 Å². The highest BCUT2D eigenvalue weighted by molar-refractivity contribution is 6.22. The molecule has 1 heteroatoms. The van der Waals surface area contributed by atoms with Crippen molar-refractivity contribution in [3.63, 3.8) is 0 Å². The van der Waals surface area contributed by atoms with Gasteiger partial charge in [0.1, 0.15) is 11.9 Å². The van der Waals surface area contributed by atoms with Crippen molar-refractivity contribution < 1.29 is 4.74 Å². The number of hydrogen-bond donors (Lipinski definition) is 0. The fourth-order valence-electron chi connectivity index (χ4n) is 10.3. The zero-order valence-electron chi connectivity index (χ0n) is 33.3. The summed E-state index contributed by atoms with van der Waals surface area (Å²) in [4.78, 5) is 0. The molecule has 11 aromatic carbocycles. The summed E-state index contributed by atoms with van der Waals surface area (Å²) in [5.74, 6) is 1.22. The van der Waals surface area contributed by atoms with E-state index in [1.807, 2.05) is 0 Å². The molecule has 11 aromatic rings. The molecule has 1 aliphatic heterocycles. The van der Waals surface area contributed by atoms with Gasteiger partial charge in [-0.15, -0.1) is 0 Å². The Bertz CT molecular complexity index is 3700. The molecule has 1 nitrogen and oxygen atoms in total. The second-order valence-electron chi connectivity index (χ2n) is 16.8.